The number of amides is 1. The van der Waals surface area contributed by atoms with E-state index in [0.717, 1.165) is 0 Å². The summed E-state index contributed by atoms with van der Waals surface area (Å²) in [5.41, 5.74) is 0.280. The van der Waals surface area contributed by atoms with Gasteiger partial charge < -0.3 is 14.7 Å². The predicted molar refractivity (Wildman–Crippen MR) is 59.6 cm³/mol. The number of likely N-dealkylation sites (tertiary alicyclic amines) is 1. The molecule has 0 spiro atoms. The molecule has 0 radical (unpaired) electrons. The number of aliphatic hydroxyl groups is 1. The van der Waals surface area contributed by atoms with Gasteiger partial charge in [-0.25, -0.2) is 0 Å². The van der Waals surface area contributed by atoms with Gasteiger partial charge in [-0.3, -0.25) is 4.79 Å². The van der Waals surface area contributed by atoms with Gasteiger partial charge in [0.2, 0.25) is 0 Å². The molecule has 2 rings (SSSR count). The highest BCUT2D eigenvalue weighted by Crippen LogP contribution is 2.19. The number of nitrogens with zero attached hydrogens (tertiary/aromatic N) is 1. The Balaban J connectivity index is 2.10. The van der Waals surface area contributed by atoms with Crippen LogP contribution in [0.5, 0.6) is 5.75 Å². The summed E-state index contributed by atoms with van der Waals surface area (Å²) in [7, 11) is 0. The first-order chi connectivity index (χ1) is 8.56. The van der Waals surface area contributed by atoms with Gasteiger partial charge in [0.25, 0.3) is 5.91 Å². The molecule has 1 aliphatic heterocycles. The lowest BCUT2D eigenvalue weighted by atomic mass is 10.2. The minimum atomic E-state index is -2.91. The Labute approximate surface area is 103 Å². The molecule has 1 atom stereocenters. The monoisotopic (exact) mass is 257 g/mol. The van der Waals surface area contributed by atoms with E-state index >= 15 is 0 Å². The van der Waals surface area contributed by atoms with Crippen LogP contribution >= 0.6 is 0 Å². The Morgan fingerprint density at radius 1 is 1.50 bits per heavy atom. The van der Waals surface area contributed by atoms with E-state index in [4.69, 9.17) is 0 Å². The van der Waals surface area contributed by atoms with Crippen molar-refractivity contribution in [2.75, 3.05) is 13.1 Å². The van der Waals surface area contributed by atoms with Gasteiger partial charge >= 0.3 is 6.61 Å². The molecule has 0 bridgehead atoms. The average Bonchev–Trinajstić information content (AvgIpc) is 2.74. The number of rotatable bonds is 3. The van der Waals surface area contributed by atoms with Crippen LogP contribution in [0, 0.1) is 0 Å². The molecule has 0 aliphatic carbocycles. The molecule has 0 aromatic heterocycles. The van der Waals surface area contributed by atoms with Crippen LogP contribution in [0.25, 0.3) is 0 Å². The van der Waals surface area contributed by atoms with Crippen molar-refractivity contribution >= 4 is 5.91 Å². The Morgan fingerprint density at radius 3 is 2.89 bits per heavy atom. The van der Waals surface area contributed by atoms with E-state index < -0.39 is 12.7 Å². The predicted octanol–water partition coefficient (Wildman–Crippen LogP) is 1.49. The van der Waals surface area contributed by atoms with Crippen LogP contribution in [0.15, 0.2) is 24.3 Å². The minimum absolute atomic E-state index is 0.0457. The van der Waals surface area contributed by atoms with Crippen molar-refractivity contribution in [3.63, 3.8) is 0 Å². The minimum Gasteiger partial charge on any atom is -0.435 e. The summed E-state index contributed by atoms with van der Waals surface area (Å²) in [5, 5.41) is 9.35. The summed E-state index contributed by atoms with van der Waals surface area (Å²) in [6.45, 7) is -2.16. The number of alkyl halides is 2. The first kappa shape index (κ1) is 12.8. The van der Waals surface area contributed by atoms with Crippen LogP contribution in [0.4, 0.5) is 8.78 Å². The molecule has 1 heterocycles. The molecule has 4 nitrogen and oxygen atoms in total. The molecule has 6 heteroatoms. The average molecular weight is 257 g/mol. The Kier molecular flexibility index (Phi) is 3.76. The van der Waals surface area contributed by atoms with E-state index in [9.17, 15) is 18.7 Å². The maximum Gasteiger partial charge on any atom is 0.387 e. The molecule has 1 amide bonds. The fraction of sp³-hybridized carbons (Fsp3) is 0.417. The van der Waals surface area contributed by atoms with Gasteiger partial charge in [-0.15, -0.1) is 0 Å². The zero-order valence-corrected chi connectivity index (χ0v) is 9.55. The number of halogens is 2. The summed E-state index contributed by atoms with van der Waals surface area (Å²) in [6, 6.07) is 5.66. The standard InChI is InChI=1S/C12H13F2NO3/c13-12(14)18-10-3-1-2-8(6-10)11(17)15-5-4-9(16)7-15/h1-3,6,9,12,16H,4-5,7H2/t9-/m1/s1. The third-order valence-electron chi connectivity index (χ3n) is 2.76. The second-order valence-electron chi connectivity index (χ2n) is 4.10. The molecule has 0 saturated carbocycles. The van der Waals surface area contributed by atoms with Crippen molar-refractivity contribution in [3.05, 3.63) is 29.8 Å². The molecule has 1 saturated heterocycles. The summed E-state index contributed by atoms with van der Waals surface area (Å²) >= 11 is 0. The lowest BCUT2D eigenvalue weighted by molar-refractivity contribution is -0.0499. The fourth-order valence-electron chi connectivity index (χ4n) is 1.91. The van der Waals surface area contributed by atoms with Crippen LogP contribution in [0.1, 0.15) is 16.8 Å². The van der Waals surface area contributed by atoms with Crippen molar-refractivity contribution in [1.82, 2.24) is 4.90 Å². The third kappa shape index (κ3) is 2.95. The van der Waals surface area contributed by atoms with Crippen molar-refractivity contribution in [2.45, 2.75) is 19.1 Å². The number of carbonyl (C=O) groups excluding carboxylic acids is 1. The van der Waals surface area contributed by atoms with Gasteiger partial charge in [-0.2, -0.15) is 8.78 Å². The molecule has 1 aliphatic rings. The van der Waals surface area contributed by atoms with Crippen molar-refractivity contribution in [2.24, 2.45) is 0 Å². The fourth-order valence-corrected chi connectivity index (χ4v) is 1.91. The van der Waals surface area contributed by atoms with Crippen LogP contribution in [-0.2, 0) is 0 Å². The first-order valence-electron chi connectivity index (χ1n) is 5.58. The Morgan fingerprint density at radius 2 is 2.28 bits per heavy atom. The SMILES string of the molecule is O=C(c1cccc(OC(F)F)c1)N1CC[C@@H](O)C1. The highest BCUT2D eigenvalue weighted by molar-refractivity contribution is 5.94. The van der Waals surface area contributed by atoms with Crippen molar-refractivity contribution in [3.8, 4) is 5.75 Å². The molecule has 1 N–H and O–H groups in total. The highest BCUT2D eigenvalue weighted by atomic mass is 19.3. The normalized spacial score (nSPS) is 19.3. The van der Waals surface area contributed by atoms with Gasteiger partial charge in [-0.05, 0) is 24.6 Å². The summed E-state index contributed by atoms with van der Waals surface area (Å²) in [6.07, 6.45) is 0.0355. The Hall–Kier alpha value is -1.69. The molecular formula is C12H13F2NO3. The van der Waals surface area contributed by atoms with Crippen LogP contribution in [0.2, 0.25) is 0 Å². The quantitative estimate of drug-likeness (QED) is 0.892. The number of aliphatic hydroxyl groups excluding tert-OH is 1. The summed E-state index contributed by atoms with van der Waals surface area (Å²) in [4.78, 5) is 13.5. The second-order valence-corrected chi connectivity index (χ2v) is 4.10. The van der Waals surface area contributed by atoms with E-state index in [1.54, 1.807) is 0 Å². The highest BCUT2D eigenvalue weighted by Gasteiger charge is 2.25. The number of benzene rings is 1. The van der Waals surface area contributed by atoms with Gasteiger partial charge in [0.05, 0.1) is 6.10 Å². The lowest BCUT2D eigenvalue weighted by Gasteiger charge is -2.16. The number of carbonyl (C=O) groups is 1. The van der Waals surface area contributed by atoms with E-state index in [1.165, 1.54) is 29.2 Å². The molecule has 1 aromatic rings. The molecule has 98 valence electrons. The maximum absolute atomic E-state index is 12.1. The van der Waals surface area contributed by atoms with Gasteiger partial charge in [-0.1, -0.05) is 6.07 Å². The first-order valence-corrected chi connectivity index (χ1v) is 5.58. The van der Waals surface area contributed by atoms with Crippen molar-refractivity contribution in [1.29, 1.82) is 0 Å². The van der Waals surface area contributed by atoms with E-state index in [-0.39, 0.29) is 23.8 Å². The number of hydrogen-bond acceptors (Lipinski definition) is 3. The molecule has 18 heavy (non-hydrogen) atoms. The zero-order chi connectivity index (χ0) is 13.1. The van der Waals surface area contributed by atoms with Crippen LogP contribution < -0.4 is 4.74 Å². The van der Waals surface area contributed by atoms with Gasteiger partial charge in [0, 0.05) is 18.7 Å². The zero-order valence-electron chi connectivity index (χ0n) is 9.55. The maximum atomic E-state index is 12.1. The van der Waals surface area contributed by atoms with E-state index in [0.29, 0.717) is 13.0 Å². The lowest BCUT2D eigenvalue weighted by Crippen LogP contribution is -2.29. The second kappa shape index (κ2) is 5.30. The van der Waals surface area contributed by atoms with E-state index in [2.05, 4.69) is 4.74 Å². The van der Waals surface area contributed by atoms with E-state index in [1.807, 2.05) is 0 Å². The van der Waals surface area contributed by atoms with Crippen LogP contribution in [-0.4, -0.2) is 41.7 Å². The number of β-amino-alcohol motifs (C(OH)–C–C–N with tert-alkyl or cyclic N) is 1. The van der Waals surface area contributed by atoms with Gasteiger partial charge in [0.1, 0.15) is 5.75 Å². The number of ether oxygens (including phenoxy) is 1. The van der Waals surface area contributed by atoms with Gasteiger partial charge in [0.15, 0.2) is 0 Å². The molecule has 1 fully saturated rings. The van der Waals surface area contributed by atoms with Crippen molar-refractivity contribution < 1.29 is 23.4 Å². The molecule has 1 aromatic carbocycles. The topological polar surface area (TPSA) is 49.8 Å². The largest absolute Gasteiger partial charge is 0.435 e. The number of hydrogen-bond donors (Lipinski definition) is 1. The third-order valence-corrected chi connectivity index (χ3v) is 2.76. The van der Waals surface area contributed by atoms with Crippen LogP contribution in [0.3, 0.4) is 0 Å². The molecule has 0 unspecified atom stereocenters. The molecular weight excluding hydrogens is 244 g/mol. The smallest absolute Gasteiger partial charge is 0.387 e. The summed E-state index contributed by atoms with van der Waals surface area (Å²) in [5.74, 6) is -0.332. The Bertz CT molecular complexity index is 439. The summed E-state index contributed by atoms with van der Waals surface area (Å²) < 4.78 is 28.3.